The van der Waals surface area contributed by atoms with Gasteiger partial charge in [0, 0.05) is 32.7 Å². The van der Waals surface area contributed by atoms with E-state index in [0.717, 1.165) is 57.2 Å². The highest BCUT2D eigenvalue weighted by Gasteiger charge is 2.15. The van der Waals surface area contributed by atoms with Crippen molar-refractivity contribution in [3.8, 4) is 0 Å². The van der Waals surface area contributed by atoms with Crippen LogP contribution in [0.5, 0.6) is 0 Å². The third-order valence-corrected chi connectivity index (χ3v) is 3.25. The van der Waals surface area contributed by atoms with E-state index in [0.29, 0.717) is 0 Å². The minimum Gasteiger partial charge on any atom is -0.353 e. The van der Waals surface area contributed by atoms with Crippen molar-refractivity contribution in [2.45, 2.75) is 19.9 Å². The highest BCUT2D eigenvalue weighted by atomic mass is 15.3. The Morgan fingerprint density at radius 1 is 1.17 bits per heavy atom. The zero-order valence-electron chi connectivity index (χ0n) is 11.4. The summed E-state index contributed by atoms with van der Waals surface area (Å²) >= 11 is 0. The number of rotatable bonds is 5. The van der Waals surface area contributed by atoms with Crippen LogP contribution in [0.2, 0.25) is 0 Å². The predicted molar refractivity (Wildman–Crippen MR) is 73.7 cm³/mol. The summed E-state index contributed by atoms with van der Waals surface area (Å²) < 4.78 is 0. The molecule has 0 spiro atoms. The molecular weight excluding hydrogens is 226 g/mol. The molecule has 0 aliphatic carbocycles. The molecule has 2 rings (SSSR count). The molecule has 1 N–H and O–H groups in total. The van der Waals surface area contributed by atoms with Crippen LogP contribution in [0.1, 0.15) is 19.0 Å². The Hall–Kier alpha value is -1.20. The third-order valence-electron chi connectivity index (χ3n) is 3.25. The van der Waals surface area contributed by atoms with Gasteiger partial charge in [0.2, 0.25) is 0 Å². The van der Waals surface area contributed by atoms with E-state index in [4.69, 9.17) is 0 Å². The molecule has 0 aromatic carbocycles. The van der Waals surface area contributed by atoms with Crippen molar-refractivity contribution in [1.82, 2.24) is 20.2 Å². The number of hydrogen-bond donors (Lipinski definition) is 1. The lowest BCUT2D eigenvalue weighted by atomic mass is 10.3. The molecule has 0 bridgehead atoms. The lowest BCUT2D eigenvalue weighted by molar-refractivity contribution is 0.312. The second-order valence-corrected chi connectivity index (χ2v) is 4.83. The van der Waals surface area contributed by atoms with Gasteiger partial charge in [-0.05, 0) is 20.0 Å². The van der Waals surface area contributed by atoms with Gasteiger partial charge < -0.3 is 15.1 Å². The lowest BCUT2D eigenvalue weighted by Crippen LogP contribution is -2.44. The maximum absolute atomic E-state index is 4.51. The summed E-state index contributed by atoms with van der Waals surface area (Å²) in [6, 6.07) is 0. The molecule has 1 aliphatic rings. The number of hydrogen-bond acceptors (Lipinski definition) is 5. The van der Waals surface area contributed by atoms with Gasteiger partial charge in [-0.1, -0.05) is 6.92 Å². The molecule has 1 aromatic heterocycles. The molecule has 18 heavy (non-hydrogen) atoms. The van der Waals surface area contributed by atoms with Crippen LogP contribution in [0.25, 0.3) is 0 Å². The normalized spacial score (nSPS) is 17.1. The van der Waals surface area contributed by atoms with Gasteiger partial charge >= 0.3 is 0 Å². The first kappa shape index (κ1) is 13.2. The number of anilines is 1. The summed E-state index contributed by atoms with van der Waals surface area (Å²) in [4.78, 5) is 13.6. The SMILES string of the molecule is CCCNCc1cnc(N2CCN(C)CC2)cn1. The molecule has 2 heterocycles. The minimum absolute atomic E-state index is 0.809. The average Bonchev–Trinajstić information content (AvgIpc) is 2.41. The molecule has 0 unspecified atom stereocenters. The van der Waals surface area contributed by atoms with E-state index in [1.165, 1.54) is 0 Å². The fourth-order valence-corrected chi connectivity index (χ4v) is 2.03. The van der Waals surface area contributed by atoms with Crippen molar-refractivity contribution >= 4 is 5.82 Å². The Morgan fingerprint density at radius 3 is 2.56 bits per heavy atom. The number of piperazine rings is 1. The van der Waals surface area contributed by atoms with Crippen molar-refractivity contribution in [2.75, 3.05) is 44.7 Å². The molecule has 1 aromatic rings. The minimum atomic E-state index is 0.809. The first-order chi connectivity index (χ1) is 8.79. The largest absolute Gasteiger partial charge is 0.353 e. The van der Waals surface area contributed by atoms with Crippen molar-refractivity contribution in [2.24, 2.45) is 0 Å². The zero-order chi connectivity index (χ0) is 12.8. The number of aromatic nitrogens is 2. The number of nitrogens with zero attached hydrogens (tertiary/aromatic N) is 4. The number of likely N-dealkylation sites (N-methyl/N-ethyl adjacent to an activating group) is 1. The first-order valence-corrected chi connectivity index (χ1v) is 6.74. The van der Waals surface area contributed by atoms with Gasteiger partial charge in [-0.15, -0.1) is 0 Å². The summed E-state index contributed by atoms with van der Waals surface area (Å²) in [7, 11) is 2.16. The van der Waals surface area contributed by atoms with E-state index in [1.807, 2.05) is 12.4 Å². The summed E-state index contributed by atoms with van der Waals surface area (Å²) in [5, 5.41) is 3.33. The van der Waals surface area contributed by atoms with Crippen LogP contribution in [0.15, 0.2) is 12.4 Å². The molecular formula is C13H23N5. The van der Waals surface area contributed by atoms with Crippen molar-refractivity contribution in [3.05, 3.63) is 18.1 Å². The fourth-order valence-electron chi connectivity index (χ4n) is 2.03. The van der Waals surface area contributed by atoms with E-state index in [2.05, 4.69) is 39.1 Å². The Labute approximate surface area is 109 Å². The highest BCUT2D eigenvalue weighted by Crippen LogP contribution is 2.11. The highest BCUT2D eigenvalue weighted by molar-refractivity contribution is 5.36. The Kier molecular flexibility index (Phi) is 4.90. The van der Waals surface area contributed by atoms with Crippen LogP contribution in [0, 0.1) is 0 Å². The Balaban J connectivity index is 1.87. The van der Waals surface area contributed by atoms with Gasteiger partial charge in [-0.3, -0.25) is 4.98 Å². The molecule has 0 radical (unpaired) electrons. The lowest BCUT2D eigenvalue weighted by Gasteiger charge is -2.32. The standard InChI is InChI=1S/C13H23N5/c1-3-4-14-9-12-10-16-13(11-15-12)18-7-5-17(2)6-8-18/h10-11,14H,3-9H2,1-2H3. The maximum atomic E-state index is 4.51. The summed E-state index contributed by atoms with van der Waals surface area (Å²) in [6.45, 7) is 8.28. The molecule has 1 aliphatic heterocycles. The second-order valence-electron chi connectivity index (χ2n) is 4.83. The van der Waals surface area contributed by atoms with Gasteiger partial charge in [0.15, 0.2) is 0 Å². The Morgan fingerprint density at radius 2 is 1.94 bits per heavy atom. The average molecular weight is 249 g/mol. The van der Waals surface area contributed by atoms with Crippen molar-refractivity contribution < 1.29 is 0 Å². The van der Waals surface area contributed by atoms with E-state index in [9.17, 15) is 0 Å². The maximum Gasteiger partial charge on any atom is 0.147 e. The Bertz CT molecular complexity index is 343. The van der Waals surface area contributed by atoms with E-state index in [-0.39, 0.29) is 0 Å². The fraction of sp³-hybridized carbons (Fsp3) is 0.692. The summed E-state index contributed by atoms with van der Waals surface area (Å²) in [5.41, 5.74) is 1.02. The monoisotopic (exact) mass is 249 g/mol. The molecule has 0 saturated carbocycles. The van der Waals surface area contributed by atoms with Gasteiger partial charge in [0.05, 0.1) is 18.1 Å². The van der Waals surface area contributed by atoms with Crippen molar-refractivity contribution in [3.63, 3.8) is 0 Å². The topological polar surface area (TPSA) is 44.3 Å². The van der Waals surface area contributed by atoms with Crippen LogP contribution in [0.4, 0.5) is 5.82 Å². The van der Waals surface area contributed by atoms with Gasteiger partial charge in [-0.25, -0.2) is 4.98 Å². The quantitative estimate of drug-likeness (QED) is 0.779. The molecule has 0 atom stereocenters. The van der Waals surface area contributed by atoms with Crippen molar-refractivity contribution in [1.29, 1.82) is 0 Å². The van der Waals surface area contributed by atoms with E-state index in [1.54, 1.807) is 0 Å². The van der Waals surface area contributed by atoms with Gasteiger partial charge in [-0.2, -0.15) is 0 Å². The number of nitrogens with one attached hydrogen (secondary N) is 1. The molecule has 1 fully saturated rings. The third kappa shape index (κ3) is 3.65. The van der Waals surface area contributed by atoms with Crippen LogP contribution in [-0.4, -0.2) is 54.6 Å². The van der Waals surface area contributed by atoms with E-state index >= 15 is 0 Å². The second kappa shape index (κ2) is 6.66. The smallest absolute Gasteiger partial charge is 0.147 e. The predicted octanol–water partition coefficient (Wildman–Crippen LogP) is 0.728. The van der Waals surface area contributed by atoms with Crippen LogP contribution >= 0.6 is 0 Å². The van der Waals surface area contributed by atoms with Crippen LogP contribution in [-0.2, 0) is 6.54 Å². The molecule has 1 saturated heterocycles. The molecule has 0 amide bonds. The van der Waals surface area contributed by atoms with Gasteiger partial charge in [0.1, 0.15) is 5.82 Å². The summed E-state index contributed by atoms with van der Waals surface area (Å²) in [5.74, 6) is 1.00. The van der Waals surface area contributed by atoms with Crippen LogP contribution in [0.3, 0.4) is 0 Å². The first-order valence-electron chi connectivity index (χ1n) is 6.74. The van der Waals surface area contributed by atoms with E-state index < -0.39 is 0 Å². The zero-order valence-corrected chi connectivity index (χ0v) is 11.4. The molecule has 100 valence electrons. The molecule has 5 nitrogen and oxygen atoms in total. The van der Waals surface area contributed by atoms with Crippen LogP contribution < -0.4 is 10.2 Å². The summed E-state index contributed by atoms with van der Waals surface area (Å²) in [6.07, 6.45) is 4.93. The molecule has 5 heteroatoms. The van der Waals surface area contributed by atoms with Gasteiger partial charge in [0.25, 0.3) is 0 Å².